The number of benzene rings is 1. The third-order valence-corrected chi connectivity index (χ3v) is 2.85. The predicted molar refractivity (Wildman–Crippen MR) is 51.7 cm³/mol. The molecule has 14 heavy (non-hydrogen) atoms. The summed E-state index contributed by atoms with van der Waals surface area (Å²) < 4.78 is 49.7. The van der Waals surface area contributed by atoms with Gasteiger partial charge in [-0.05, 0) is 17.7 Å². The molecule has 1 rings (SSSR count). The van der Waals surface area contributed by atoms with Crippen LogP contribution in [-0.2, 0) is 11.5 Å². The second-order valence-corrected chi connectivity index (χ2v) is 3.97. The smallest absolute Gasteiger partial charge is 0.207 e. The van der Waals surface area contributed by atoms with Crippen molar-refractivity contribution in [2.45, 2.75) is 11.5 Å². The van der Waals surface area contributed by atoms with Crippen molar-refractivity contribution in [2.75, 3.05) is 0 Å². The van der Waals surface area contributed by atoms with Gasteiger partial charge in [0, 0.05) is 9.80 Å². The van der Waals surface area contributed by atoms with E-state index in [0.717, 1.165) is 12.1 Å². The Hall–Kier alpha value is -0.100. The van der Waals surface area contributed by atoms with Crippen LogP contribution in [0.1, 0.15) is 11.1 Å². The van der Waals surface area contributed by atoms with E-state index in [-0.39, 0.29) is 15.4 Å². The van der Waals surface area contributed by atoms with Gasteiger partial charge < -0.3 is 0 Å². The van der Waals surface area contributed by atoms with E-state index in [4.69, 9.17) is 0 Å². The Morgan fingerprint density at radius 2 is 1.79 bits per heavy atom. The highest BCUT2D eigenvalue weighted by molar-refractivity contribution is 9.10. The van der Waals surface area contributed by atoms with Crippen LogP contribution in [0, 0.1) is 5.82 Å². The molecule has 0 amide bonds. The van der Waals surface area contributed by atoms with Crippen molar-refractivity contribution >= 4 is 31.9 Å². The maximum Gasteiger partial charge on any atom is 0.417 e. The second kappa shape index (κ2) is 4.18. The number of halogens is 6. The van der Waals surface area contributed by atoms with Gasteiger partial charge in [0.15, 0.2) is 0 Å². The largest absolute Gasteiger partial charge is 0.417 e. The van der Waals surface area contributed by atoms with Crippen molar-refractivity contribution < 1.29 is 17.6 Å². The molecule has 0 atom stereocenters. The molecule has 0 aromatic heterocycles. The SMILES string of the molecule is Fc1cc(Br)c(C(F)(F)F)cc1CBr. The lowest BCUT2D eigenvalue weighted by Gasteiger charge is -2.10. The van der Waals surface area contributed by atoms with Crippen LogP contribution in [0.15, 0.2) is 16.6 Å². The zero-order valence-electron chi connectivity index (χ0n) is 6.63. The van der Waals surface area contributed by atoms with Crippen LogP contribution in [0.3, 0.4) is 0 Å². The average molecular weight is 336 g/mol. The molecular formula is C8H4Br2F4. The van der Waals surface area contributed by atoms with Gasteiger partial charge in [-0.1, -0.05) is 31.9 Å². The first-order valence-electron chi connectivity index (χ1n) is 3.47. The van der Waals surface area contributed by atoms with Crippen LogP contribution < -0.4 is 0 Å². The first-order valence-corrected chi connectivity index (χ1v) is 5.38. The normalized spacial score (nSPS) is 11.9. The third kappa shape index (κ3) is 2.48. The topological polar surface area (TPSA) is 0 Å². The van der Waals surface area contributed by atoms with Crippen LogP contribution >= 0.6 is 31.9 Å². The van der Waals surface area contributed by atoms with Crippen LogP contribution in [0.5, 0.6) is 0 Å². The fourth-order valence-corrected chi connectivity index (χ4v) is 1.88. The molecule has 0 spiro atoms. The highest BCUT2D eigenvalue weighted by Gasteiger charge is 2.33. The molecular weight excluding hydrogens is 332 g/mol. The Balaban J connectivity index is 3.32. The molecule has 0 aliphatic heterocycles. The van der Waals surface area contributed by atoms with Gasteiger partial charge in [-0.15, -0.1) is 0 Å². The van der Waals surface area contributed by atoms with Crippen molar-refractivity contribution in [3.63, 3.8) is 0 Å². The molecule has 1 aromatic rings. The Bertz CT molecular complexity index is 346. The number of rotatable bonds is 1. The second-order valence-electron chi connectivity index (χ2n) is 2.55. The first kappa shape index (κ1) is 12.0. The quantitative estimate of drug-likeness (QED) is 0.523. The molecule has 0 aliphatic carbocycles. The van der Waals surface area contributed by atoms with Crippen molar-refractivity contribution in [3.05, 3.63) is 33.5 Å². The lowest BCUT2D eigenvalue weighted by molar-refractivity contribution is -0.138. The molecule has 0 bridgehead atoms. The highest BCUT2D eigenvalue weighted by Crippen LogP contribution is 2.36. The summed E-state index contributed by atoms with van der Waals surface area (Å²) >= 11 is 5.58. The minimum Gasteiger partial charge on any atom is -0.207 e. The van der Waals surface area contributed by atoms with E-state index in [0.29, 0.717) is 0 Å². The monoisotopic (exact) mass is 334 g/mol. The molecule has 0 fully saturated rings. The summed E-state index contributed by atoms with van der Waals surface area (Å²) in [5.74, 6) is -0.665. The highest BCUT2D eigenvalue weighted by atomic mass is 79.9. The molecule has 0 aliphatic rings. The molecule has 0 radical (unpaired) electrons. The molecule has 0 N–H and O–H groups in total. The Labute approximate surface area is 94.6 Å². The van der Waals surface area contributed by atoms with Crippen LogP contribution in [0.2, 0.25) is 0 Å². The van der Waals surface area contributed by atoms with Crippen molar-refractivity contribution in [1.82, 2.24) is 0 Å². The summed E-state index contributed by atoms with van der Waals surface area (Å²) in [4.78, 5) is 0. The van der Waals surface area contributed by atoms with Crippen molar-refractivity contribution in [1.29, 1.82) is 0 Å². The molecule has 0 heterocycles. The molecule has 0 unspecified atom stereocenters. The van der Waals surface area contributed by atoms with Crippen molar-refractivity contribution in [2.24, 2.45) is 0 Å². The fourth-order valence-electron chi connectivity index (χ4n) is 0.913. The van der Waals surface area contributed by atoms with Crippen LogP contribution in [-0.4, -0.2) is 0 Å². The van der Waals surface area contributed by atoms with E-state index >= 15 is 0 Å². The molecule has 6 heteroatoms. The Kier molecular flexibility index (Phi) is 3.58. The Morgan fingerprint density at radius 1 is 1.21 bits per heavy atom. The molecule has 0 nitrogen and oxygen atoms in total. The van der Waals surface area contributed by atoms with Crippen LogP contribution in [0.4, 0.5) is 17.6 Å². The van der Waals surface area contributed by atoms with Gasteiger partial charge in [0.05, 0.1) is 5.56 Å². The standard InChI is InChI=1S/C8H4Br2F4/c9-3-4-1-5(8(12,13)14)6(10)2-7(4)11/h1-2H,3H2. The van der Waals surface area contributed by atoms with Gasteiger partial charge in [-0.25, -0.2) is 4.39 Å². The average Bonchev–Trinajstić information content (AvgIpc) is 2.02. The van der Waals surface area contributed by atoms with Gasteiger partial charge >= 0.3 is 6.18 Å². The summed E-state index contributed by atoms with van der Waals surface area (Å²) in [7, 11) is 0. The third-order valence-electron chi connectivity index (χ3n) is 1.59. The van der Waals surface area contributed by atoms with Gasteiger partial charge in [0.1, 0.15) is 5.82 Å². The van der Waals surface area contributed by atoms with E-state index in [1.165, 1.54) is 0 Å². The number of hydrogen-bond acceptors (Lipinski definition) is 0. The van der Waals surface area contributed by atoms with Gasteiger partial charge in [0.25, 0.3) is 0 Å². The van der Waals surface area contributed by atoms with E-state index in [1.54, 1.807) is 0 Å². The minimum atomic E-state index is -4.47. The molecule has 78 valence electrons. The lowest BCUT2D eigenvalue weighted by atomic mass is 10.1. The first-order chi connectivity index (χ1) is 6.36. The Morgan fingerprint density at radius 3 is 2.21 bits per heavy atom. The number of hydrogen-bond donors (Lipinski definition) is 0. The summed E-state index contributed by atoms with van der Waals surface area (Å²) in [6.45, 7) is 0. The lowest BCUT2D eigenvalue weighted by Crippen LogP contribution is -2.07. The minimum absolute atomic E-state index is 0.0134. The van der Waals surface area contributed by atoms with E-state index in [9.17, 15) is 17.6 Å². The van der Waals surface area contributed by atoms with E-state index in [2.05, 4.69) is 31.9 Å². The van der Waals surface area contributed by atoms with Gasteiger partial charge in [0.2, 0.25) is 0 Å². The molecule has 0 saturated heterocycles. The summed E-state index contributed by atoms with van der Waals surface area (Å²) in [5.41, 5.74) is -0.881. The summed E-state index contributed by atoms with van der Waals surface area (Å²) in [5, 5.41) is 0.0508. The maximum absolute atomic E-state index is 13.0. The predicted octanol–water partition coefficient (Wildman–Crippen LogP) is 4.50. The van der Waals surface area contributed by atoms with E-state index < -0.39 is 17.6 Å². The van der Waals surface area contributed by atoms with E-state index in [1.807, 2.05) is 0 Å². The van der Waals surface area contributed by atoms with Crippen molar-refractivity contribution in [3.8, 4) is 0 Å². The maximum atomic E-state index is 13.0. The summed E-state index contributed by atoms with van der Waals surface area (Å²) in [6.07, 6.45) is -4.47. The molecule has 1 aromatic carbocycles. The van der Waals surface area contributed by atoms with Gasteiger partial charge in [-0.3, -0.25) is 0 Å². The van der Waals surface area contributed by atoms with Crippen LogP contribution in [0.25, 0.3) is 0 Å². The zero-order valence-corrected chi connectivity index (χ0v) is 9.80. The zero-order chi connectivity index (χ0) is 10.9. The van der Waals surface area contributed by atoms with Gasteiger partial charge in [-0.2, -0.15) is 13.2 Å². The fraction of sp³-hybridized carbons (Fsp3) is 0.250. The summed E-state index contributed by atoms with van der Waals surface area (Å²) in [6, 6.07) is 1.60. The number of alkyl halides is 4. The molecule has 0 saturated carbocycles.